The SMILES string of the molecule is Cc1c[nH]c(C)c1C(=O)Cc1ccc(Nc2ccc(CC(=O)c3ccc(N4CCC(O)CC4)cc3)cc2)cc1. The predicted octanol–water partition coefficient (Wildman–Crippen LogP) is 6.19. The van der Waals surface area contributed by atoms with Crippen molar-refractivity contribution in [2.75, 3.05) is 23.3 Å². The maximum Gasteiger partial charge on any atom is 0.169 e. The molecule has 3 aromatic carbocycles. The van der Waals surface area contributed by atoms with E-state index in [-0.39, 0.29) is 17.7 Å². The smallest absolute Gasteiger partial charge is 0.169 e. The van der Waals surface area contributed by atoms with E-state index < -0.39 is 0 Å². The molecule has 0 radical (unpaired) electrons. The lowest BCUT2D eigenvalue weighted by Crippen LogP contribution is -2.35. The molecule has 1 aromatic heterocycles. The molecule has 0 saturated carbocycles. The van der Waals surface area contributed by atoms with Crippen molar-refractivity contribution in [1.82, 2.24) is 4.98 Å². The number of carbonyl (C=O) groups excluding carboxylic acids is 2. The average Bonchev–Trinajstić information content (AvgIpc) is 3.29. The Kier molecular flexibility index (Phi) is 7.94. The first-order valence-corrected chi connectivity index (χ1v) is 13.5. The first-order valence-electron chi connectivity index (χ1n) is 13.5. The number of aryl methyl sites for hydroxylation is 2. The van der Waals surface area contributed by atoms with E-state index in [1.807, 2.05) is 92.8 Å². The van der Waals surface area contributed by atoms with Gasteiger partial charge in [0.1, 0.15) is 0 Å². The highest BCUT2D eigenvalue weighted by Crippen LogP contribution is 2.23. The number of anilines is 3. The summed E-state index contributed by atoms with van der Waals surface area (Å²) in [6.07, 6.45) is 3.96. The van der Waals surface area contributed by atoms with Crippen LogP contribution in [0.1, 0.15) is 55.9 Å². The van der Waals surface area contributed by atoms with Gasteiger partial charge in [0.15, 0.2) is 11.6 Å². The number of ketones is 2. The number of hydrogen-bond donors (Lipinski definition) is 3. The van der Waals surface area contributed by atoms with Crippen LogP contribution in [0.5, 0.6) is 0 Å². The summed E-state index contributed by atoms with van der Waals surface area (Å²) in [4.78, 5) is 30.9. The van der Waals surface area contributed by atoms with E-state index in [1.54, 1.807) is 0 Å². The van der Waals surface area contributed by atoms with Crippen LogP contribution in [0.25, 0.3) is 0 Å². The molecule has 1 aliphatic rings. The van der Waals surface area contributed by atoms with E-state index in [4.69, 9.17) is 0 Å². The van der Waals surface area contributed by atoms with E-state index >= 15 is 0 Å². The third kappa shape index (κ3) is 6.47. The summed E-state index contributed by atoms with van der Waals surface area (Å²) in [6, 6.07) is 23.6. The molecule has 200 valence electrons. The van der Waals surface area contributed by atoms with Crippen LogP contribution in [-0.4, -0.2) is 40.9 Å². The van der Waals surface area contributed by atoms with Crippen LogP contribution in [0, 0.1) is 13.8 Å². The second kappa shape index (κ2) is 11.7. The number of rotatable bonds is 9. The van der Waals surface area contributed by atoms with Crippen LogP contribution >= 0.6 is 0 Å². The quantitative estimate of drug-likeness (QED) is 0.229. The molecule has 4 aromatic rings. The highest BCUT2D eigenvalue weighted by Gasteiger charge is 2.18. The van der Waals surface area contributed by atoms with Gasteiger partial charge in [-0.1, -0.05) is 24.3 Å². The minimum absolute atomic E-state index is 0.0893. The van der Waals surface area contributed by atoms with Gasteiger partial charge >= 0.3 is 0 Å². The summed E-state index contributed by atoms with van der Waals surface area (Å²) in [6.45, 7) is 5.56. The van der Waals surface area contributed by atoms with Crippen molar-refractivity contribution in [1.29, 1.82) is 0 Å². The van der Waals surface area contributed by atoms with Crippen molar-refractivity contribution in [2.45, 2.75) is 45.6 Å². The van der Waals surface area contributed by atoms with Crippen molar-refractivity contribution in [2.24, 2.45) is 0 Å². The van der Waals surface area contributed by atoms with Crippen molar-refractivity contribution < 1.29 is 14.7 Å². The summed E-state index contributed by atoms with van der Waals surface area (Å²) < 4.78 is 0. The van der Waals surface area contributed by atoms with Gasteiger partial charge in [0, 0.05) is 66.0 Å². The number of hydrogen-bond acceptors (Lipinski definition) is 5. The van der Waals surface area contributed by atoms with Gasteiger partial charge in [-0.25, -0.2) is 0 Å². The normalized spacial score (nSPS) is 13.9. The van der Waals surface area contributed by atoms with E-state index in [2.05, 4.69) is 15.2 Å². The van der Waals surface area contributed by atoms with Gasteiger partial charge < -0.3 is 20.3 Å². The van der Waals surface area contributed by atoms with E-state index in [9.17, 15) is 14.7 Å². The largest absolute Gasteiger partial charge is 0.393 e. The summed E-state index contributed by atoms with van der Waals surface area (Å²) >= 11 is 0. The van der Waals surface area contributed by atoms with E-state index in [0.717, 1.165) is 70.9 Å². The monoisotopic (exact) mass is 521 g/mol. The second-order valence-electron chi connectivity index (χ2n) is 10.5. The van der Waals surface area contributed by atoms with Crippen molar-refractivity contribution in [3.8, 4) is 0 Å². The summed E-state index contributed by atoms with van der Waals surface area (Å²) in [5, 5.41) is 13.1. The lowest BCUT2D eigenvalue weighted by molar-refractivity contribution is 0.0984. The number of Topliss-reactive ketones (excluding diaryl/α,β-unsaturated/α-hetero) is 2. The maximum atomic E-state index is 12.9. The Hall–Kier alpha value is -4.16. The predicted molar refractivity (Wildman–Crippen MR) is 156 cm³/mol. The number of aromatic amines is 1. The molecule has 3 N–H and O–H groups in total. The molecule has 1 aliphatic heterocycles. The zero-order chi connectivity index (χ0) is 27.4. The molecule has 1 fully saturated rings. The number of piperidine rings is 1. The number of carbonyl (C=O) groups is 2. The van der Waals surface area contributed by atoms with Gasteiger partial charge in [-0.15, -0.1) is 0 Å². The van der Waals surface area contributed by atoms with Crippen LogP contribution < -0.4 is 10.2 Å². The lowest BCUT2D eigenvalue weighted by Gasteiger charge is -2.31. The standard InChI is InChI=1S/C33H35N3O3/c1-22-21-34-23(2)33(22)32(39)20-25-5-11-28(12-6-25)35-27-9-3-24(4-10-27)19-31(38)26-7-13-29(14-8-26)36-17-15-30(37)16-18-36/h3-14,21,30,34-35,37H,15-20H2,1-2H3. The van der Waals surface area contributed by atoms with Crippen LogP contribution in [0.3, 0.4) is 0 Å². The zero-order valence-corrected chi connectivity index (χ0v) is 22.5. The molecule has 1 saturated heterocycles. The zero-order valence-electron chi connectivity index (χ0n) is 22.5. The van der Waals surface area contributed by atoms with Gasteiger partial charge in [-0.05, 0) is 91.9 Å². The fourth-order valence-electron chi connectivity index (χ4n) is 5.21. The van der Waals surface area contributed by atoms with Gasteiger partial charge in [0.2, 0.25) is 0 Å². The van der Waals surface area contributed by atoms with Crippen LogP contribution in [0.15, 0.2) is 79.0 Å². The third-order valence-corrected chi connectivity index (χ3v) is 7.50. The van der Waals surface area contributed by atoms with Gasteiger partial charge in [0.05, 0.1) is 6.10 Å². The molecule has 39 heavy (non-hydrogen) atoms. The van der Waals surface area contributed by atoms with Crippen LogP contribution in [-0.2, 0) is 12.8 Å². The highest BCUT2D eigenvalue weighted by molar-refractivity contribution is 6.00. The van der Waals surface area contributed by atoms with Crippen LogP contribution in [0.4, 0.5) is 17.1 Å². The summed E-state index contributed by atoms with van der Waals surface area (Å²) in [7, 11) is 0. The third-order valence-electron chi connectivity index (χ3n) is 7.50. The topological polar surface area (TPSA) is 85.4 Å². The molecule has 6 heteroatoms. The Morgan fingerprint density at radius 3 is 1.87 bits per heavy atom. The number of aliphatic hydroxyl groups is 1. The number of H-pyrrole nitrogens is 1. The Bertz CT molecular complexity index is 1410. The van der Waals surface area contributed by atoms with Crippen molar-refractivity contribution in [3.63, 3.8) is 0 Å². The Labute approximate surface area is 229 Å². The molecule has 2 heterocycles. The molecule has 0 atom stereocenters. The summed E-state index contributed by atoms with van der Waals surface area (Å²) in [5.41, 5.74) is 8.29. The van der Waals surface area contributed by atoms with Gasteiger partial charge in [0.25, 0.3) is 0 Å². The Balaban J connectivity index is 1.14. The number of benzene rings is 3. The molecular formula is C33H35N3O3. The number of nitrogens with one attached hydrogen (secondary N) is 2. The number of aliphatic hydroxyl groups excluding tert-OH is 1. The average molecular weight is 522 g/mol. The highest BCUT2D eigenvalue weighted by atomic mass is 16.3. The first-order chi connectivity index (χ1) is 18.9. The lowest BCUT2D eigenvalue weighted by atomic mass is 10.0. The maximum absolute atomic E-state index is 12.9. The molecule has 6 nitrogen and oxygen atoms in total. The Morgan fingerprint density at radius 2 is 1.36 bits per heavy atom. The minimum atomic E-state index is -0.199. The van der Waals surface area contributed by atoms with Crippen LogP contribution in [0.2, 0.25) is 0 Å². The minimum Gasteiger partial charge on any atom is -0.393 e. The van der Waals surface area contributed by atoms with E-state index in [0.29, 0.717) is 18.4 Å². The molecule has 0 bridgehead atoms. The van der Waals surface area contributed by atoms with Crippen molar-refractivity contribution in [3.05, 3.63) is 113 Å². The molecule has 0 unspecified atom stereocenters. The molecule has 0 spiro atoms. The second-order valence-corrected chi connectivity index (χ2v) is 10.5. The first kappa shape index (κ1) is 26.4. The summed E-state index contributed by atoms with van der Waals surface area (Å²) in [5.74, 6) is 0.210. The molecular weight excluding hydrogens is 486 g/mol. The van der Waals surface area contributed by atoms with E-state index in [1.165, 1.54) is 0 Å². The molecule has 5 rings (SSSR count). The Morgan fingerprint density at radius 1 is 0.821 bits per heavy atom. The molecule has 0 amide bonds. The number of nitrogens with zero attached hydrogens (tertiary/aromatic N) is 1. The fraction of sp³-hybridized carbons (Fsp3) is 0.273. The van der Waals surface area contributed by atoms with Gasteiger partial charge in [-0.2, -0.15) is 0 Å². The van der Waals surface area contributed by atoms with Gasteiger partial charge in [-0.3, -0.25) is 9.59 Å². The fourth-order valence-corrected chi connectivity index (χ4v) is 5.21. The molecule has 0 aliphatic carbocycles. The number of aromatic nitrogens is 1. The van der Waals surface area contributed by atoms with Crippen molar-refractivity contribution >= 4 is 28.6 Å².